The van der Waals surface area contributed by atoms with E-state index in [9.17, 15) is 14.4 Å². The fourth-order valence-electron chi connectivity index (χ4n) is 2.98. The molecule has 1 aliphatic rings. The van der Waals surface area contributed by atoms with Crippen molar-refractivity contribution in [1.29, 1.82) is 0 Å². The summed E-state index contributed by atoms with van der Waals surface area (Å²) in [6.45, 7) is 2.39. The van der Waals surface area contributed by atoms with E-state index < -0.39 is 35.0 Å². The Kier molecular flexibility index (Phi) is 5.69. The first-order valence-electron chi connectivity index (χ1n) is 7.84. The highest BCUT2D eigenvalue weighted by atomic mass is 35.5. The topological polar surface area (TPSA) is 123 Å². The molecule has 0 spiro atoms. The maximum absolute atomic E-state index is 12.9. The average Bonchev–Trinajstić information content (AvgIpc) is 3.17. The minimum absolute atomic E-state index is 0.0164. The molecule has 150 valence electrons. The van der Waals surface area contributed by atoms with Crippen molar-refractivity contribution in [3.63, 3.8) is 0 Å². The molecule has 2 aromatic rings. The molecular formula is C15H14Cl2N4O6S. The van der Waals surface area contributed by atoms with E-state index in [1.807, 2.05) is 0 Å². The Balaban J connectivity index is 2.25. The van der Waals surface area contributed by atoms with Crippen molar-refractivity contribution in [2.75, 3.05) is 12.9 Å². The number of aromatic nitrogens is 4. The number of ether oxygens (including phenoxy) is 3. The Morgan fingerprint density at radius 2 is 1.89 bits per heavy atom. The molecule has 0 amide bonds. The Hall–Kier alpha value is -2.11. The number of hydrogen-bond acceptors (Lipinski definition) is 10. The van der Waals surface area contributed by atoms with E-state index in [0.717, 1.165) is 11.8 Å². The van der Waals surface area contributed by atoms with Crippen molar-refractivity contribution in [3.05, 3.63) is 16.8 Å². The third-order valence-electron chi connectivity index (χ3n) is 3.96. The Morgan fingerprint density at radius 3 is 2.50 bits per heavy atom. The van der Waals surface area contributed by atoms with Crippen LogP contribution >= 0.6 is 35.0 Å². The van der Waals surface area contributed by atoms with Gasteiger partial charge in [0.25, 0.3) is 0 Å². The van der Waals surface area contributed by atoms with Gasteiger partial charge in [0.2, 0.25) is 10.2 Å². The van der Waals surface area contributed by atoms with Gasteiger partial charge >= 0.3 is 17.9 Å². The van der Waals surface area contributed by atoms with Crippen LogP contribution in [0.3, 0.4) is 0 Å². The molecule has 10 nitrogen and oxygen atoms in total. The van der Waals surface area contributed by atoms with Crippen LogP contribution in [0.4, 0.5) is 0 Å². The summed E-state index contributed by atoms with van der Waals surface area (Å²) in [4.78, 5) is 46.6. The SMILES string of the molecule is COC(=O)[C@]1(n2cnc3c(Cl)nc(Cl)nc32)SC[C@H](OC(C)=O)[C@@H]1OC(C)=O. The molecule has 3 rings (SSSR count). The van der Waals surface area contributed by atoms with E-state index in [4.69, 9.17) is 37.4 Å². The first kappa shape index (κ1) is 20.6. The third kappa shape index (κ3) is 3.38. The van der Waals surface area contributed by atoms with Gasteiger partial charge in [-0.2, -0.15) is 4.98 Å². The zero-order valence-electron chi connectivity index (χ0n) is 14.8. The van der Waals surface area contributed by atoms with Gasteiger partial charge in [0.1, 0.15) is 5.52 Å². The van der Waals surface area contributed by atoms with Gasteiger partial charge in [-0.05, 0) is 11.6 Å². The minimum atomic E-state index is -1.67. The second-order valence-electron chi connectivity index (χ2n) is 5.75. The van der Waals surface area contributed by atoms with Crippen LogP contribution in [-0.2, 0) is 33.5 Å². The van der Waals surface area contributed by atoms with Gasteiger partial charge in [-0.1, -0.05) is 11.6 Å². The molecule has 0 N–H and O–H groups in total. The number of rotatable bonds is 4. The number of halogens is 2. The van der Waals surface area contributed by atoms with Crippen LogP contribution in [0.25, 0.3) is 11.2 Å². The average molecular weight is 449 g/mol. The third-order valence-corrected chi connectivity index (χ3v) is 5.93. The van der Waals surface area contributed by atoms with Gasteiger partial charge < -0.3 is 14.2 Å². The van der Waals surface area contributed by atoms with Crippen LogP contribution in [0.2, 0.25) is 10.4 Å². The summed E-state index contributed by atoms with van der Waals surface area (Å²) in [6.07, 6.45) is -0.829. The van der Waals surface area contributed by atoms with Gasteiger partial charge in [-0.3, -0.25) is 14.2 Å². The molecule has 0 aromatic carbocycles. The first-order chi connectivity index (χ1) is 13.2. The lowest BCUT2D eigenvalue weighted by Gasteiger charge is -2.33. The number of carbonyl (C=O) groups is 3. The lowest BCUT2D eigenvalue weighted by Crippen LogP contribution is -2.52. The predicted octanol–water partition coefficient (Wildman–Crippen LogP) is 1.57. The first-order valence-corrected chi connectivity index (χ1v) is 9.58. The lowest BCUT2D eigenvalue weighted by atomic mass is 10.1. The molecule has 0 aliphatic carbocycles. The maximum atomic E-state index is 12.9. The van der Waals surface area contributed by atoms with Gasteiger partial charge in [0, 0.05) is 19.6 Å². The van der Waals surface area contributed by atoms with Gasteiger partial charge in [0.05, 0.1) is 13.4 Å². The molecule has 0 radical (unpaired) electrons. The summed E-state index contributed by atoms with van der Waals surface area (Å²) in [6, 6.07) is 0. The van der Waals surface area contributed by atoms with E-state index >= 15 is 0 Å². The summed E-state index contributed by atoms with van der Waals surface area (Å²) >= 11 is 13.0. The van der Waals surface area contributed by atoms with Crippen LogP contribution in [0.15, 0.2) is 6.33 Å². The summed E-state index contributed by atoms with van der Waals surface area (Å²) in [5.74, 6) is -1.87. The lowest BCUT2D eigenvalue weighted by molar-refractivity contribution is -0.173. The molecule has 3 heterocycles. The number of hydrogen-bond donors (Lipinski definition) is 0. The predicted molar refractivity (Wildman–Crippen MR) is 98.9 cm³/mol. The smallest absolute Gasteiger partial charge is 0.347 e. The summed E-state index contributed by atoms with van der Waals surface area (Å²) in [5.41, 5.74) is 0.316. The summed E-state index contributed by atoms with van der Waals surface area (Å²) < 4.78 is 17.0. The van der Waals surface area contributed by atoms with Gasteiger partial charge in [0.15, 0.2) is 23.0 Å². The van der Waals surface area contributed by atoms with Crippen molar-refractivity contribution < 1.29 is 28.6 Å². The zero-order valence-corrected chi connectivity index (χ0v) is 17.2. The van der Waals surface area contributed by atoms with E-state index in [2.05, 4.69) is 15.0 Å². The molecule has 1 fully saturated rings. The number of methoxy groups -OCH3 is 1. The number of carbonyl (C=O) groups excluding carboxylic acids is 3. The van der Waals surface area contributed by atoms with E-state index in [0.29, 0.717) is 0 Å². The minimum Gasteiger partial charge on any atom is -0.466 e. The van der Waals surface area contributed by atoms with Crippen LogP contribution < -0.4 is 0 Å². The molecular weight excluding hydrogens is 435 g/mol. The van der Waals surface area contributed by atoms with Crippen LogP contribution in [-0.4, -0.2) is 62.5 Å². The van der Waals surface area contributed by atoms with E-state index in [1.54, 1.807) is 0 Å². The largest absolute Gasteiger partial charge is 0.466 e. The molecule has 0 unspecified atom stereocenters. The van der Waals surface area contributed by atoms with Crippen molar-refractivity contribution >= 4 is 64.0 Å². The number of fused-ring (bicyclic) bond motifs is 1. The molecule has 1 aliphatic heterocycles. The summed E-state index contributed by atoms with van der Waals surface area (Å²) in [5, 5.41) is -0.180. The van der Waals surface area contributed by atoms with Gasteiger partial charge in [-0.15, -0.1) is 11.8 Å². The molecule has 2 aromatic heterocycles. The van der Waals surface area contributed by atoms with E-state index in [-0.39, 0.29) is 27.4 Å². The molecule has 3 atom stereocenters. The number of imidazole rings is 1. The maximum Gasteiger partial charge on any atom is 0.347 e. The van der Waals surface area contributed by atoms with Crippen LogP contribution in [0, 0.1) is 0 Å². The van der Waals surface area contributed by atoms with Crippen molar-refractivity contribution in [3.8, 4) is 0 Å². The van der Waals surface area contributed by atoms with Crippen LogP contribution in [0.1, 0.15) is 13.8 Å². The molecule has 13 heteroatoms. The van der Waals surface area contributed by atoms with E-state index in [1.165, 1.54) is 31.9 Å². The number of esters is 3. The standard InChI is InChI=1S/C15H14Cl2N4O6S/c1-6(22)26-8-4-28-15(13(24)25-3,10(8)27-7(2)23)21-5-18-9-11(16)19-14(17)20-12(9)21/h5,8,10H,4H2,1-3H3/t8-,10-,15+/m0/s1. The quantitative estimate of drug-likeness (QED) is 0.294. The highest BCUT2D eigenvalue weighted by Gasteiger charge is 2.61. The zero-order chi connectivity index (χ0) is 20.6. The molecule has 0 bridgehead atoms. The van der Waals surface area contributed by atoms with Crippen molar-refractivity contribution in [2.24, 2.45) is 0 Å². The monoisotopic (exact) mass is 448 g/mol. The highest BCUT2D eigenvalue weighted by molar-refractivity contribution is 8.01. The van der Waals surface area contributed by atoms with Crippen molar-refractivity contribution in [1.82, 2.24) is 19.5 Å². The molecule has 1 saturated heterocycles. The Bertz CT molecular complexity index is 969. The Labute approximate surface area is 172 Å². The summed E-state index contributed by atoms with van der Waals surface area (Å²) in [7, 11) is 1.18. The second-order valence-corrected chi connectivity index (χ2v) is 7.69. The Morgan fingerprint density at radius 1 is 1.21 bits per heavy atom. The molecule has 0 saturated carbocycles. The van der Waals surface area contributed by atoms with Crippen molar-refractivity contribution in [2.45, 2.75) is 30.9 Å². The fraction of sp³-hybridized carbons (Fsp3) is 0.467. The van der Waals surface area contributed by atoms with Gasteiger partial charge in [-0.25, -0.2) is 14.8 Å². The van der Waals surface area contributed by atoms with Crippen LogP contribution in [0.5, 0.6) is 0 Å². The normalized spacial score (nSPS) is 24.2. The number of thioether (sulfide) groups is 1. The highest BCUT2D eigenvalue weighted by Crippen LogP contribution is 2.48. The number of nitrogens with zero attached hydrogens (tertiary/aromatic N) is 4. The second kappa shape index (κ2) is 7.72. The molecule has 28 heavy (non-hydrogen) atoms. The fourth-order valence-corrected chi connectivity index (χ4v) is 4.90.